The zero-order valence-electron chi connectivity index (χ0n) is 16.5. The molecule has 0 saturated heterocycles. The smallest absolute Gasteiger partial charge is 0.319 e. The number of halogens is 1. The molecular weight excluding hydrogens is 385 g/mol. The summed E-state index contributed by atoms with van der Waals surface area (Å²) in [7, 11) is 1.55. The molecule has 1 aliphatic heterocycles. The second-order valence-electron chi connectivity index (χ2n) is 6.93. The number of fused-ring (bicyclic) bond motifs is 1. The van der Waals surface area contributed by atoms with Crippen molar-refractivity contribution < 1.29 is 18.7 Å². The van der Waals surface area contributed by atoms with Crippen molar-refractivity contribution in [2.24, 2.45) is 0 Å². The molecule has 3 N–H and O–H groups in total. The van der Waals surface area contributed by atoms with Crippen molar-refractivity contribution in [1.29, 1.82) is 0 Å². The fourth-order valence-corrected chi connectivity index (χ4v) is 3.69. The molecule has 0 aromatic heterocycles. The normalized spacial score (nSPS) is 16.1. The predicted octanol–water partition coefficient (Wildman–Crippen LogP) is 4.25. The Morgan fingerprint density at radius 3 is 2.53 bits per heavy atom. The van der Waals surface area contributed by atoms with Gasteiger partial charge in [-0.25, -0.2) is 9.18 Å². The number of hydrogen-bond acceptors (Lipinski definition) is 3. The number of hydrogen-bond donors (Lipinski definition) is 3. The van der Waals surface area contributed by atoms with Crippen LogP contribution in [0.5, 0.6) is 5.75 Å². The number of anilines is 1. The molecule has 7 heteroatoms. The lowest BCUT2D eigenvalue weighted by molar-refractivity contribution is -0.113. The quantitative estimate of drug-likeness (QED) is 0.607. The fraction of sp³-hybridized carbons (Fsp3) is 0.130. The third-order valence-electron chi connectivity index (χ3n) is 5.06. The molecule has 0 radical (unpaired) electrons. The van der Waals surface area contributed by atoms with Crippen molar-refractivity contribution in [3.05, 3.63) is 83.3 Å². The summed E-state index contributed by atoms with van der Waals surface area (Å²) in [6, 6.07) is 15.8. The molecule has 3 amide bonds. The number of rotatable bonds is 4. The molecule has 3 aromatic carbocycles. The van der Waals surface area contributed by atoms with Gasteiger partial charge in [0.2, 0.25) is 0 Å². The van der Waals surface area contributed by atoms with Crippen LogP contribution in [-0.4, -0.2) is 19.0 Å². The monoisotopic (exact) mass is 405 g/mol. The minimum atomic E-state index is -0.736. The molecule has 1 atom stereocenters. The maximum atomic E-state index is 13.2. The number of amides is 3. The number of allylic oxidation sites excluding steroid dienone is 1. The van der Waals surface area contributed by atoms with Crippen molar-refractivity contribution in [3.63, 3.8) is 0 Å². The molecule has 152 valence electrons. The van der Waals surface area contributed by atoms with E-state index in [1.165, 1.54) is 24.3 Å². The minimum Gasteiger partial charge on any atom is -0.496 e. The van der Waals surface area contributed by atoms with Crippen molar-refractivity contribution in [2.75, 3.05) is 12.4 Å². The van der Waals surface area contributed by atoms with E-state index in [0.717, 1.165) is 10.8 Å². The molecule has 0 spiro atoms. The van der Waals surface area contributed by atoms with E-state index >= 15 is 0 Å². The molecule has 6 nitrogen and oxygen atoms in total. The summed E-state index contributed by atoms with van der Waals surface area (Å²) in [4.78, 5) is 25.5. The topological polar surface area (TPSA) is 79.5 Å². The van der Waals surface area contributed by atoms with Gasteiger partial charge in [0, 0.05) is 16.9 Å². The number of carbonyl (C=O) groups is 2. The third kappa shape index (κ3) is 3.57. The van der Waals surface area contributed by atoms with E-state index < -0.39 is 23.8 Å². The second-order valence-corrected chi connectivity index (χ2v) is 6.93. The van der Waals surface area contributed by atoms with Crippen LogP contribution in [0.25, 0.3) is 10.8 Å². The Kier molecular flexibility index (Phi) is 5.10. The highest BCUT2D eigenvalue weighted by Gasteiger charge is 2.34. The number of ether oxygens (including phenoxy) is 1. The number of carbonyl (C=O) groups excluding carboxylic acids is 2. The van der Waals surface area contributed by atoms with E-state index in [-0.39, 0.29) is 0 Å². The van der Waals surface area contributed by atoms with Gasteiger partial charge in [-0.05, 0) is 48.0 Å². The average molecular weight is 405 g/mol. The van der Waals surface area contributed by atoms with E-state index in [0.29, 0.717) is 28.3 Å². The largest absolute Gasteiger partial charge is 0.496 e. The van der Waals surface area contributed by atoms with Crippen molar-refractivity contribution in [1.82, 2.24) is 10.6 Å². The summed E-state index contributed by atoms with van der Waals surface area (Å²) in [6.07, 6.45) is 0. The Bertz CT molecular complexity index is 1170. The van der Waals surface area contributed by atoms with Gasteiger partial charge in [0.05, 0.1) is 18.7 Å². The molecular formula is C23H20FN3O3. The van der Waals surface area contributed by atoms with E-state index in [1.807, 2.05) is 36.4 Å². The van der Waals surface area contributed by atoms with E-state index in [4.69, 9.17) is 4.74 Å². The molecule has 0 aliphatic carbocycles. The van der Waals surface area contributed by atoms with Crippen LogP contribution in [0, 0.1) is 5.82 Å². The van der Waals surface area contributed by atoms with Crippen molar-refractivity contribution >= 4 is 28.4 Å². The predicted molar refractivity (Wildman–Crippen MR) is 113 cm³/mol. The first-order valence-electron chi connectivity index (χ1n) is 9.39. The van der Waals surface area contributed by atoms with Crippen molar-refractivity contribution in [2.45, 2.75) is 13.0 Å². The van der Waals surface area contributed by atoms with Crippen molar-refractivity contribution in [3.8, 4) is 5.75 Å². The number of urea groups is 1. The highest BCUT2D eigenvalue weighted by molar-refractivity contribution is 6.07. The van der Waals surface area contributed by atoms with Crippen LogP contribution in [0.2, 0.25) is 0 Å². The van der Waals surface area contributed by atoms with Gasteiger partial charge in [0.25, 0.3) is 5.91 Å². The first-order valence-corrected chi connectivity index (χ1v) is 9.39. The van der Waals surface area contributed by atoms with E-state index in [9.17, 15) is 14.0 Å². The summed E-state index contributed by atoms with van der Waals surface area (Å²) < 4.78 is 18.8. The van der Waals surface area contributed by atoms with Crippen LogP contribution in [0.1, 0.15) is 18.5 Å². The Morgan fingerprint density at radius 2 is 1.80 bits per heavy atom. The number of nitrogens with one attached hydrogen (secondary N) is 3. The zero-order chi connectivity index (χ0) is 21.3. The van der Waals surface area contributed by atoms with Crippen LogP contribution in [-0.2, 0) is 4.79 Å². The maximum Gasteiger partial charge on any atom is 0.319 e. The lowest BCUT2D eigenvalue weighted by Crippen LogP contribution is -2.46. The molecule has 0 bridgehead atoms. The summed E-state index contributed by atoms with van der Waals surface area (Å²) in [5.41, 5.74) is 1.91. The van der Waals surface area contributed by atoms with Gasteiger partial charge in [-0.2, -0.15) is 0 Å². The Morgan fingerprint density at radius 1 is 1.07 bits per heavy atom. The molecule has 1 unspecified atom stereocenters. The molecule has 1 heterocycles. The first-order chi connectivity index (χ1) is 14.5. The van der Waals surface area contributed by atoms with Gasteiger partial charge in [-0.15, -0.1) is 0 Å². The molecule has 0 saturated carbocycles. The molecule has 3 aromatic rings. The van der Waals surface area contributed by atoms with E-state index in [2.05, 4.69) is 16.0 Å². The van der Waals surface area contributed by atoms with Gasteiger partial charge < -0.3 is 20.7 Å². The van der Waals surface area contributed by atoms with Crippen LogP contribution < -0.4 is 20.7 Å². The average Bonchev–Trinajstić information content (AvgIpc) is 2.73. The van der Waals surface area contributed by atoms with Crippen LogP contribution >= 0.6 is 0 Å². The lowest BCUT2D eigenvalue weighted by Gasteiger charge is -2.30. The highest BCUT2D eigenvalue weighted by atomic mass is 19.1. The summed E-state index contributed by atoms with van der Waals surface area (Å²) in [5, 5.41) is 10.1. The number of benzene rings is 3. The minimum absolute atomic E-state index is 0.341. The van der Waals surface area contributed by atoms with E-state index in [1.54, 1.807) is 14.0 Å². The van der Waals surface area contributed by atoms with Crippen LogP contribution in [0.3, 0.4) is 0 Å². The summed E-state index contributed by atoms with van der Waals surface area (Å²) in [5.74, 6) is -0.249. The van der Waals surface area contributed by atoms with Gasteiger partial charge in [-0.1, -0.05) is 30.3 Å². The molecule has 4 rings (SSSR count). The first kappa shape index (κ1) is 19.4. The van der Waals surface area contributed by atoms with Gasteiger partial charge in [-0.3, -0.25) is 4.79 Å². The Hall–Kier alpha value is -3.87. The summed E-state index contributed by atoms with van der Waals surface area (Å²) >= 11 is 0. The molecule has 1 aliphatic rings. The highest BCUT2D eigenvalue weighted by Crippen LogP contribution is 2.38. The summed E-state index contributed by atoms with van der Waals surface area (Å²) in [6.45, 7) is 1.67. The molecule has 0 fully saturated rings. The second kappa shape index (κ2) is 7.87. The maximum absolute atomic E-state index is 13.2. The number of methoxy groups -OCH3 is 1. The van der Waals surface area contributed by atoms with Crippen LogP contribution in [0.4, 0.5) is 14.9 Å². The zero-order valence-corrected chi connectivity index (χ0v) is 16.5. The van der Waals surface area contributed by atoms with Gasteiger partial charge in [0.15, 0.2) is 0 Å². The van der Waals surface area contributed by atoms with Gasteiger partial charge >= 0.3 is 6.03 Å². The standard InChI is InChI=1S/C23H20FN3O3/c1-13-19(22(28)26-16-10-8-15(24)9-11-16)21(27-23(29)25-13)20-17-6-4-3-5-14(17)7-12-18(20)30-2/h3-12,21H,1-2H3,(H,26,28)(H2,25,27,29). The Labute approximate surface area is 172 Å². The Balaban J connectivity index is 1.82. The lowest BCUT2D eigenvalue weighted by atomic mass is 9.90. The van der Waals surface area contributed by atoms with Gasteiger partial charge in [0.1, 0.15) is 11.6 Å². The molecule has 30 heavy (non-hydrogen) atoms. The fourth-order valence-electron chi connectivity index (χ4n) is 3.69. The third-order valence-corrected chi connectivity index (χ3v) is 5.06. The SMILES string of the molecule is COc1ccc2ccccc2c1C1NC(=O)NC(C)=C1C(=O)Nc1ccc(F)cc1. The van der Waals surface area contributed by atoms with Crippen LogP contribution in [0.15, 0.2) is 71.9 Å².